The maximum Gasteiger partial charge on any atom is 0.255 e. The number of carbonyl (C=O) groups is 2. The Bertz CT molecular complexity index is 911. The number of carbonyl (C=O) groups excluding carboxylic acids is 2. The highest BCUT2D eigenvalue weighted by Gasteiger charge is 2.15. The molecule has 0 radical (unpaired) electrons. The highest BCUT2D eigenvalue weighted by atomic mass is 32.2. The summed E-state index contributed by atoms with van der Waals surface area (Å²) >= 11 is 1.06. The van der Waals surface area contributed by atoms with Crippen molar-refractivity contribution in [3.8, 4) is 5.75 Å². The lowest BCUT2D eigenvalue weighted by Gasteiger charge is -2.12. The van der Waals surface area contributed by atoms with Crippen LogP contribution in [0.1, 0.15) is 20.7 Å². The Morgan fingerprint density at radius 1 is 0.846 bits per heavy atom. The number of methoxy groups -OCH3 is 1. The third kappa shape index (κ3) is 4.32. The molecule has 26 heavy (non-hydrogen) atoms. The van der Waals surface area contributed by atoms with Gasteiger partial charge in [-0.1, -0.05) is 48.5 Å². The number of hydrogen-bond acceptors (Lipinski definition) is 4. The van der Waals surface area contributed by atoms with Crippen LogP contribution in [0, 0.1) is 0 Å². The summed E-state index contributed by atoms with van der Waals surface area (Å²) in [6, 6.07) is 23.2. The fourth-order valence-corrected chi connectivity index (χ4v) is 3.19. The van der Waals surface area contributed by atoms with Gasteiger partial charge in [0, 0.05) is 16.0 Å². The molecule has 3 rings (SSSR count). The fourth-order valence-electron chi connectivity index (χ4n) is 2.33. The Kier molecular flexibility index (Phi) is 5.71. The molecule has 0 unspecified atom stereocenters. The van der Waals surface area contributed by atoms with Crippen LogP contribution < -0.4 is 10.1 Å². The van der Waals surface area contributed by atoms with Gasteiger partial charge in [0.1, 0.15) is 5.75 Å². The van der Waals surface area contributed by atoms with E-state index in [-0.39, 0.29) is 11.0 Å². The molecule has 0 heterocycles. The van der Waals surface area contributed by atoms with Crippen LogP contribution in [-0.4, -0.2) is 18.1 Å². The molecule has 0 fully saturated rings. The van der Waals surface area contributed by atoms with Gasteiger partial charge in [-0.25, -0.2) is 0 Å². The Morgan fingerprint density at radius 2 is 1.46 bits per heavy atom. The third-order valence-corrected chi connectivity index (χ3v) is 4.66. The largest absolute Gasteiger partial charge is 0.497 e. The fraction of sp³-hybridized carbons (Fsp3) is 0.0476. The van der Waals surface area contributed by atoms with Gasteiger partial charge < -0.3 is 10.1 Å². The van der Waals surface area contributed by atoms with Gasteiger partial charge >= 0.3 is 0 Å². The SMILES string of the molecule is COc1ccc(NC(=O)c2ccccc2)c(SC(=O)c2ccccc2)c1. The van der Waals surface area contributed by atoms with Crippen LogP contribution in [0.25, 0.3) is 0 Å². The van der Waals surface area contributed by atoms with Gasteiger partial charge in [-0.2, -0.15) is 0 Å². The van der Waals surface area contributed by atoms with E-state index in [1.54, 1.807) is 61.7 Å². The number of benzene rings is 3. The Labute approximate surface area is 156 Å². The molecule has 4 nitrogen and oxygen atoms in total. The van der Waals surface area contributed by atoms with Crippen molar-refractivity contribution in [1.29, 1.82) is 0 Å². The van der Waals surface area contributed by atoms with E-state index >= 15 is 0 Å². The lowest BCUT2D eigenvalue weighted by atomic mass is 10.2. The minimum atomic E-state index is -0.232. The standard InChI is InChI=1S/C21H17NO3S/c1-25-17-12-13-18(22-20(23)15-8-4-2-5-9-15)19(14-17)26-21(24)16-10-6-3-7-11-16/h2-14H,1H3,(H,22,23). The smallest absolute Gasteiger partial charge is 0.255 e. The summed E-state index contributed by atoms with van der Waals surface area (Å²) < 4.78 is 5.25. The summed E-state index contributed by atoms with van der Waals surface area (Å²) in [5, 5.41) is 2.76. The number of thioether (sulfide) groups is 1. The van der Waals surface area contributed by atoms with E-state index in [1.807, 2.05) is 24.3 Å². The van der Waals surface area contributed by atoms with E-state index in [9.17, 15) is 9.59 Å². The molecule has 3 aromatic carbocycles. The first-order valence-electron chi connectivity index (χ1n) is 7.99. The van der Waals surface area contributed by atoms with Crippen LogP contribution >= 0.6 is 11.8 Å². The quantitative estimate of drug-likeness (QED) is 0.657. The monoisotopic (exact) mass is 363 g/mol. The molecule has 3 aromatic rings. The average Bonchev–Trinajstić information content (AvgIpc) is 2.70. The summed E-state index contributed by atoms with van der Waals surface area (Å²) in [5.74, 6) is 0.385. The summed E-state index contributed by atoms with van der Waals surface area (Å²) in [4.78, 5) is 25.6. The zero-order valence-electron chi connectivity index (χ0n) is 14.1. The summed E-state index contributed by atoms with van der Waals surface area (Å²) in [5.41, 5.74) is 1.71. The molecule has 0 bridgehead atoms. The Hall–Kier alpha value is -3.05. The van der Waals surface area contributed by atoms with Crippen molar-refractivity contribution in [2.45, 2.75) is 4.90 Å². The molecule has 1 amide bonds. The number of hydrogen-bond donors (Lipinski definition) is 1. The van der Waals surface area contributed by atoms with Crippen LogP contribution in [0.4, 0.5) is 5.69 Å². The number of amides is 1. The highest BCUT2D eigenvalue weighted by Crippen LogP contribution is 2.33. The predicted octanol–water partition coefficient (Wildman–Crippen LogP) is 4.88. The van der Waals surface area contributed by atoms with Crippen LogP contribution in [0.3, 0.4) is 0 Å². The van der Waals surface area contributed by atoms with Crippen LogP contribution in [0.2, 0.25) is 0 Å². The van der Waals surface area contributed by atoms with Gasteiger partial charge in [0.15, 0.2) is 0 Å². The third-order valence-electron chi connectivity index (χ3n) is 3.69. The molecule has 1 N–H and O–H groups in total. The second kappa shape index (κ2) is 8.36. The van der Waals surface area contributed by atoms with Crippen molar-refractivity contribution in [2.24, 2.45) is 0 Å². The molecule has 0 aliphatic carbocycles. The number of rotatable bonds is 5. The van der Waals surface area contributed by atoms with E-state index in [0.717, 1.165) is 11.8 Å². The van der Waals surface area contributed by atoms with E-state index in [2.05, 4.69) is 5.32 Å². The van der Waals surface area contributed by atoms with Crippen LogP contribution in [0.5, 0.6) is 5.75 Å². The predicted molar refractivity (Wildman–Crippen MR) is 104 cm³/mol. The molecular formula is C21H17NO3S. The molecule has 0 spiro atoms. The van der Waals surface area contributed by atoms with Gasteiger partial charge in [0.25, 0.3) is 5.91 Å². The molecule has 0 atom stereocenters. The lowest BCUT2D eigenvalue weighted by Crippen LogP contribution is -2.12. The molecule has 0 aliphatic heterocycles. The molecule has 0 aliphatic rings. The highest BCUT2D eigenvalue weighted by molar-refractivity contribution is 8.14. The van der Waals surface area contributed by atoms with Crippen molar-refractivity contribution in [2.75, 3.05) is 12.4 Å². The summed E-state index contributed by atoms with van der Waals surface area (Å²) in [6.45, 7) is 0. The van der Waals surface area contributed by atoms with E-state index in [4.69, 9.17) is 4.74 Å². The first-order valence-corrected chi connectivity index (χ1v) is 8.80. The summed E-state index contributed by atoms with van der Waals surface area (Å²) in [6.07, 6.45) is 0. The zero-order valence-corrected chi connectivity index (χ0v) is 15.0. The molecule has 0 saturated carbocycles. The van der Waals surface area contributed by atoms with Crippen molar-refractivity contribution >= 4 is 28.5 Å². The maximum atomic E-state index is 12.5. The maximum absolute atomic E-state index is 12.5. The lowest BCUT2D eigenvalue weighted by molar-refractivity contribution is 0.102. The van der Waals surface area contributed by atoms with Gasteiger partial charge in [-0.3, -0.25) is 9.59 Å². The minimum Gasteiger partial charge on any atom is -0.497 e. The van der Waals surface area contributed by atoms with Crippen molar-refractivity contribution in [1.82, 2.24) is 0 Å². The number of anilines is 1. The van der Waals surface area contributed by atoms with Crippen molar-refractivity contribution < 1.29 is 14.3 Å². The summed E-state index contributed by atoms with van der Waals surface area (Å²) in [7, 11) is 1.56. The second-order valence-corrected chi connectivity index (χ2v) is 6.45. The normalized spacial score (nSPS) is 10.2. The average molecular weight is 363 g/mol. The van der Waals surface area contributed by atoms with Crippen LogP contribution in [-0.2, 0) is 0 Å². The van der Waals surface area contributed by atoms with E-state index < -0.39 is 0 Å². The second-order valence-electron chi connectivity index (χ2n) is 5.44. The van der Waals surface area contributed by atoms with E-state index in [0.29, 0.717) is 27.5 Å². The van der Waals surface area contributed by atoms with Crippen molar-refractivity contribution in [3.05, 3.63) is 90.0 Å². The Morgan fingerprint density at radius 3 is 2.08 bits per heavy atom. The molecule has 5 heteroatoms. The molecule has 0 saturated heterocycles. The van der Waals surface area contributed by atoms with Gasteiger partial charge in [0.2, 0.25) is 5.12 Å². The minimum absolute atomic E-state index is 0.103. The van der Waals surface area contributed by atoms with Crippen molar-refractivity contribution in [3.63, 3.8) is 0 Å². The van der Waals surface area contributed by atoms with Crippen LogP contribution in [0.15, 0.2) is 83.8 Å². The van der Waals surface area contributed by atoms with E-state index in [1.165, 1.54) is 0 Å². The Balaban J connectivity index is 1.86. The van der Waals surface area contributed by atoms with Gasteiger partial charge in [-0.15, -0.1) is 0 Å². The number of ether oxygens (including phenoxy) is 1. The molecule has 0 aromatic heterocycles. The number of nitrogens with one attached hydrogen (secondary N) is 1. The first kappa shape index (κ1) is 17.8. The zero-order chi connectivity index (χ0) is 18.4. The molecule has 130 valence electrons. The first-order chi connectivity index (χ1) is 12.7. The topological polar surface area (TPSA) is 55.4 Å². The van der Waals surface area contributed by atoms with Gasteiger partial charge in [0.05, 0.1) is 12.8 Å². The van der Waals surface area contributed by atoms with Gasteiger partial charge in [-0.05, 0) is 42.1 Å². The molecular weight excluding hydrogens is 346 g/mol.